The molecule has 11 heavy (non-hydrogen) atoms. The second-order valence-electron chi connectivity index (χ2n) is 4.01. The van der Waals surface area contributed by atoms with E-state index in [1.165, 1.54) is 0 Å². The molecule has 2 atom stereocenters. The van der Waals surface area contributed by atoms with Gasteiger partial charge in [-0.05, 0) is 27.2 Å². The highest BCUT2D eigenvalue weighted by Crippen LogP contribution is 2.16. The molecule has 2 nitrogen and oxygen atoms in total. The van der Waals surface area contributed by atoms with Gasteiger partial charge in [-0.25, -0.2) is 0 Å². The number of hydrogen-bond donors (Lipinski definition) is 1. The molecule has 0 aromatic carbocycles. The smallest absolute Gasteiger partial charge is 0.157 e. The molecule has 0 heterocycles. The first kappa shape index (κ1) is 10.9. The van der Waals surface area contributed by atoms with Gasteiger partial charge in [0, 0.05) is 5.92 Å². The summed E-state index contributed by atoms with van der Waals surface area (Å²) in [5.41, 5.74) is -0.247. The first-order valence-corrected chi connectivity index (χ1v) is 4.22. The van der Waals surface area contributed by atoms with E-state index in [-0.39, 0.29) is 11.5 Å². The second kappa shape index (κ2) is 4.07. The molecule has 0 rings (SSSR count). The van der Waals surface area contributed by atoms with Gasteiger partial charge in [0.1, 0.15) is 0 Å². The van der Waals surface area contributed by atoms with E-state index in [0.717, 1.165) is 6.42 Å². The average Bonchev–Trinajstić information content (AvgIpc) is 1.82. The van der Waals surface area contributed by atoms with Crippen LogP contribution < -0.4 is 0 Å². The van der Waals surface area contributed by atoms with Crippen LogP contribution in [0.5, 0.6) is 0 Å². The molecular formula is C9H20O2. The second-order valence-corrected chi connectivity index (χ2v) is 4.01. The maximum absolute atomic E-state index is 9.43. The van der Waals surface area contributed by atoms with Crippen LogP contribution in [-0.2, 0) is 4.74 Å². The van der Waals surface area contributed by atoms with E-state index in [1.807, 2.05) is 34.6 Å². The van der Waals surface area contributed by atoms with Crippen molar-refractivity contribution in [2.24, 2.45) is 5.92 Å². The van der Waals surface area contributed by atoms with Crippen LogP contribution in [0.2, 0.25) is 0 Å². The Hall–Kier alpha value is -0.0800. The molecule has 0 bridgehead atoms. The summed E-state index contributed by atoms with van der Waals surface area (Å²) in [5.74, 6) is 0.217. The van der Waals surface area contributed by atoms with Gasteiger partial charge in [-0.1, -0.05) is 13.8 Å². The molecule has 0 radical (unpaired) electrons. The van der Waals surface area contributed by atoms with E-state index in [1.54, 1.807) is 0 Å². The molecule has 0 aliphatic carbocycles. The molecule has 68 valence electrons. The lowest BCUT2D eigenvalue weighted by Crippen LogP contribution is -2.31. The molecule has 0 amide bonds. The molecular weight excluding hydrogens is 140 g/mol. The summed E-state index contributed by atoms with van der Waals surface area (Å²) in [6.45, 7) is 9.85. The van der Waals surface area contributed by atoms with Crippen molar-refractivity contribution in [1.29, 1.82) is 0 Å². The minimum atomic E-state index is -0.625. The molecule has 0 aliphatic heterocycles. The van der Waals surface area contributed by atoms with Crippen LogP contribution in [0, 0.1) is 5.92 Å². The molecule has 1 N–H and O–H groups in total. The summed E-state index contributed by atoms with van der Waals surface area (Å²) in [6.07, 6.45) is 0.317. The van der Waals surface area contributed by atoms with Crippen molar-refractivity contribution in [3.05, 3.63) is 0 Å². The van der Waals surface area contributed by atoms with Crippen molar-refractivity contribution < 1.29 is 9.84 Å². The number of rotatable bonds is 3. The first-order chi connectivity index (χ1) is 4.87. The highest BCUT2D eigenvalue weighted by atomic mass is 16.6. The summed E-state index contributed by atoms with van der Waals surface area (Å²) in [4.78, 5) is 0. The Balaban J connectivity index is 3.77. The number of aliphatic hydroxyl groups excluding tert-OH is 1. The van der Waals surface area contributed by atoms with E-state index in [4.69, 9.17) is 4.74 Å². The van der Waals surface area contributed by atoms with Gasteiger partial charge in [0.05, 0.1) is 5.60 Å². The summed E-state index contributed by atoms with van der Waals surface area (Å²) < 4.78 is 5.35. The monoisotopic (exact) mass is 160 g/mol. The largest absolute Gasteiger partial charge is 0.368 e. The van der Waals surface area contributed by atoms with Crippen molar-refractivity contribution >= 4 is 0 Å². The average molecular weight is 160 g/mol. The zero-order chi connectivity index (χ0) is 9.07. The molecule has 2 heteroatoms. The van der Waals surface area contributed by atoms with Gasteiger partial charge in [0.25, 0.3) is 0 Å². The number of hydrogen-bond acceptors (Lipinski definition) is 2. The zero-order valence-corrected chi connectivity index (χ0v) is 8.22. The fourth-order valence-electron chi connectivity index (χ4n) is 0.680. The Morgan fingerprint density at radius 1 is 1.36 bits per heavy atom. The van der Waals surface area contributed by atoms with Crippen molar-refractivity contribution in [2.45, 2.75) is 52.9 Å². The quantitative estimate of drug-likeness (QED) is 0.641. The minimum absolute atomic E-state index is 0.217. The van der Waals surface area contributed by atoms with Crippen molar-refractivity contribution in [2.75, 3.05) is 0 Å². The van der Waals surface area contributed by atoms with Crippen LogP contribution in [0.25, 0.3) is 0 Å². The lowest BCUT2D eigenvalue weighted by Gasteiger charge is -2.27. The van der Waals surface area contributed by atoms with Gasteiger partial charge < -0.3 is 9.84 Å². The van der Waals surface area contributed by atoms with Gasteiger partial charge in [-0.15, -0.1) is 0 Å². The summed E-state index contributed by atoms with van der Waals surface area (Å²) in [5, 5.41) is 9.43. The lowest BCUT2D eigenvalue weighted by atomic mass is 10.1. The molecule has 0 aromatic heterocycles. The van der Waals surface area contributed by atoms with E-state index >= 15 is 0 Å². The van der Waals surface area contributed by atoms with Gasteiger partial charge in [-0.3, -0.25) is 0 Å². The molecule has 2 unspecified atom stereocenters. The summed E-state index contributed by atoms with van der Waals surface area (Å²) >= 11 is 0. The van der Waals surface area contributed by atoms with Crippen LogP contribution in [0.3, 0.4) is 0 Å². The topological polar surface area (TPSA) is 29.5 Å². The summed E-state index contributed by atoms with van der Waals surface area (Å²) in [6, 6.07) is 0. The normalized spacial score (nSPS) is 18.0. The van der Waals surface area contributed by atoms with Crippen LogP contribution in [0.4, 0.5) is 0 Å². The van der Waals surface area contributed by atoms with Gasteiger partial charge in [0.2, 0.25) is 0 Å². The highest BCUT2D eigenvalue weighted by Gasteiger charge is 2.20. The van der Waals surface area contributed by atoms with E-state index < -0.39 is 6.29 Å². The van der Waals surface area contributed by atoms with Crippen molar-refractivity contribution in [1.82, 2.24) is 0 Å². The number of ether oxygens (including phenoxy) is 1. The Labute approximate surface area is 69.6 Å². The fourth-order valence-corrected chi connectivity index (χ4v) is 0.680. The van der Waals surface area contributed by atoms with E-state index in [0.29, 0.717) is 0 Å². The molecule has 0 saturated carbocycles. The Morgan fingerprint density at radius 3 is 2.09 bits per heavy atom. The maximum atomic E-state index is 9.43. The van der Waals surface area contributed by atoms with Crippen LogP contribution in [-0.4, -0.2) is 17.0 Å². The predicted molar refractivity (Wildman–Crippen MR) is 46.3 cm³/mol. The van der Waals surface area contributed by atoms with Crippen molar-refractivity contribution in [3.8, 4) is 0 Å². The standard InChI is InChI=1S/C9H20O2/c1-6-7(2)8(10)11-9(3,4)5/h7-8,10H,6H2,1-5H3. The van der Waals surface area contributed by atoms with Crippen molar-refractivity contribution in [3.63, 3.8) is 0 Å². The van der Waals surface area contributed by atoms with E-state index in [2.05, 4.69) is 0 Å². The Morgan fingerprint density at radius 2 is 1.82 bits per heavy atom. The third-order valence-corrected chi connectivity index (χ3v) is 1.61. The SMILES string of the molecule is CCC(C)C(O)OC(C)(C)C. The van der Waals surface area contributed by atoms with Crippen LogP contribution in [0.15, 0.2) is 0 Å². The molecule has 0 aromatic rings. The molecule has 0 spiro atoms. The van der Waals surface area contributed by atoms with Crippen LogP contribution in [0.1, 0.15) is 41.0 Å². The third-order valence-electron chi connectivity index (χ3n) is 1.61. The molecule has 0 fully saturated rings. The lowest BCUT2D eigenvalue weighted by molar-refractivity contribution is -0.189. The van der Waals surface area contributed by atoms with E-state index in [9.17, 15) is 5.11 Å². The predicted octanol–water partition coefficient (Wildman–Crippen LogP) is 2.17. The molecule has 0 saturated heterocycles. The zero-order valence-electron chi connectivity index (χ0n) is 8.22. The highest BCUT2D eigenvalue weighted by molar-refractivity contribution is 4.62. The minimum Gasteiger partial charge on any atom is -0.368 e. The van der Waals surface area contributed by atoms with Gasteiger partial charge in [0.15, 0.2) is 6.29 Å². The number of aliphatic hydroxyl groups is 1. The summed E-state index contributed by atoms with van der Waals surface area (Å²) in [7, 11) is 0. The third kappa shape index (κ3) is 5.22. The Bertz CT molecular complexity index is 105. The van der Waals surface area contributed by atoms with Crippen LogP contribution >= 0.6 is 0 Å². The Kier molecular flexibility index (Phi) is 4.04. The van der Waals surface area contributed by atoms with Gasteiger partial charge in [-0.2, -0.15) is 0 Å². The first-order valence-electron chi connectivity index (χ1n) is 4.22. The molecule has 0 aliphatic rings. The fraction of sp³-hybridized carbons (Fsp3) is 1.00. The maximum Gasteiger partial charge on any atom is 0.157 e. The van der Waals surface area contributed by atoms with Gasteiger partial charge >= 0.3 is 0 Å².